The van der Waals surface area contributed by atoms with Crippen LogP contribution in [-0.2, 0) is 9.53 Å². The number of aliphatic hydroxyl groups is 1. The number of hydrogen-bond donors (Lipinski definition) is 1. The number of allylic oxidation sites excluding steroid dienone is 1. The molecule has 0 spiro atoms. The number of pyridine rings is 1. The van der Waals surface area contributed by atoms with Gasteiger partial charge < -0.3 is 14.6 Å². The number of ether oxygens (including phenoxy) is 2. The number of rotatable bonds is 13. The molecule has 0 bridgehead atoms. The lowest BCUT2D eigenvalue weighted by molar-refractivity contribution is -0.116. The second-order valence-corrected chi connectivity index (χ2v) is 6.95. The minimum absolute atomic E-state index is 0.00576. The number of esters is 1. The van der Waals surface area contributed by atoms with E-state index in [1.165, 1.54) is 6.20 Å². The van der Waals surface area contributed by atoms with E-state index in [-0.39, 0.29) is 25.4 Å². The first kappa shape index (κ1) is 23.3. The van der Waals surface area contributed by atoms with Crippen molar-refractivity contribution in [2.24, 2.45) is 0 Å². The van der Waals surface area contributed by atoms with E-state index in [2.05, 4.69) is 18.5 Å². The number of ketones is 1. The molecule has 0 aliphatic heterocycles. The van der Waals surface area contributed by atoms with Gasteiger partial charge in [-0.2, -0.15) is 0 Å². The van der Waals surface area contributed by atoms with Gasteiger partial charge in [-0.05, 0) is 54.7 Å². The van der Waals surface area contributed by atoms with Gasteiger partial charge >= 0.3 is 5.97 Å². The van der Waals surface area contributed by atoms with Crippen molar-refractivity contribution >= 4 is 11.8 Å². The van der Waals surface area contributed by atoms with Gasteiger partial charge in [-0.3, -0.25) is 9.78 Å². The smallest absolute Gasteiger partial charge is 0.340 e. The van der Waals surface area contributed by atoms with Crippen LogP contribution in [0.2, 0.25) is 0 Å². The lowest BCUT2D eigenvalue weighted by atomic mass is 9.98. The van der Waals surface area contributed by atoms with Crippen molar-refractivity contribution in [3.8, 4) is 5.75 Å². The number of aromatic nitrogens is 1. The number of hydrogen-bond acceptors (Lipinski definition) is 6. The van der Waals surface area contributed by atoms with Gasteiger partial charge in [-0.1, -0.05) is 32.1 Å². The van der Waals surface area contributed by atoms with Crippen molar-refractivity contribution in [2.75, 3.05) is 13.2 Å². The van der Waals surface area contributed by atoms with Crippen molar-refractivity contribution in [2.45, 2.75) is 45.1 Å². The quantitative estimate of drug-likeness (QED) is 0.387. The van der Waals surface area contributed by atoms with E-state index in [9.17, 15) is 9.59 Å². The van der Waals surface area contributed by atoms with E-state index in [1.54, 1.807) is 42.6 Å². The number of carbonyl (C=O) groups excluding carboxylic acids is 2. The van der Waals surface area contributed by atoms with E-state index in [0.29, 0.717) is 29.7 Å². The molecule has 0 aliphatic carbocycles. The Morgan fingerprint density at radius 3 is 2.57 bits per heavy atom. The van der Waals surface area contributed by atoms with Crippen LogP contribution >= 0.6 is 0 Å². The molecule has 6 heteroatoms. The van der Waals surface area contributed by atoms with Crippen molar-refractivity contribution in [3.05, 3.63) is 72.1 Å². The summed E-state index contributed by atoms with van der Waals surface area (Å²) in [6.07, 6.45) is 5.66. The third-order valence-electron chi connectivity index (χ3n) is 4.62. The summed E-state index contributed by atoms with van der Waals surface area (Å²) in [5, 5.41) is 8.87. The summed E-state index contributed by atoms with van der Waals surface area (Å²) in [7, 11) is 0. The number of Topliss-reactive ketones (excluding diaryl/α,β-unsaturated/α-hetero) is 1. The highest BCUT2D eigenvalue weighted by atomic mass is 16.5. The predicted molar refractivity (Wildman–Crippen MR) is 114 cm³/mol. The van der Waals surface area contributed by atoms with Gasteiger partial charge in [0.2, 0.25) is 0 Å². The maximum Gasteiger partial charge on any atom is 0.340 e. The Labute approximate surface area is 177 Å². The molecule has 0 saturated carbocycles. The highest BCUT2D eigenvalue weighted by molar-refractivity contribution is 5.94. The Morgan fingerprint density at radius 2 is 1.93 bits per heavy atom. The molecule has 0 amide bonds. The molecule has 0 unspecified atom stereocenters. The zero-order valence-electron chi connectivity index (χ0n) is 17.4. The largest absolute Gasteiger partial charge is 0.491 e. The van der Waals surface area contributed by atoms with Gasteiger partial charge in [0.1, 0.15) is 18.5 Å². The van der Waals surface area contributed by atoms with Crippen LogP contribution in [0.25, 0.3) is 0 Å². The zero-order valence-corrected chi connectivity index (χ0v) is 17.4. The van der Waals surface area contributed by atoms with Crippen molar-refractivity contribution in [1.29, 1.82) is 0 Å². The summed E-state index contributed by atoms with van der Waals surface area (Å²) in [5.74, 6) is 0.105. The fraction of sp³-hybridized carbons (Fsp3) is 0.375. The second-order valence-electron chi connectivity index (χ2n) is 6.95. The summed E-state index contributed by atoms with van der Waals surface area (Å²) in [4.78, 5) is 28.9. The number of aliphatic hydroxyl groups excluding tert-OH is 1. The monoisotopic (exact) mass is 411 g/mol. The molecular formula is C24H29NO5. The lowest BCUT2D eigenvalue weighted by Gasteiger charge is -2.19. The fourth-order valence-corrected chi connectivity index (χ4v) is 2.89. The molecule has 0 saturated heterocycles. The van der Waals surface area contributed by atoms with Crippen molar-refractivity contribution in [1.82, 2.24) is 4.98 Å². The first-order valence-electron chi connectivity index (χ1n) is 10.2. The fourth-order valence-electron chi connectivity index (χ4n) is 2.89. The molecule has 160 valence electrons. The highest BCUT2D eigenvalue weighted by Crippen LogP contribution is 2.27. The predicted octanol–water partition coefficient (Wildman–Crippen LogP) is 4.45. The SMILES string of the molecule is C=C(CCCC)C(=O)CC[C@H](OC(=O)c1cccnc1)c1ccc(OCCO)cc1. The van der Waals surface area contributed by atoms with Crippen LogP contribution in [0, 0.1) is 0 Å². The molecule has 2 rings (SSSR count). The Hall–Kier alpha value is -2.99. The van der Waals surface area contributed by atoms with Gasteiger partial charge in [0.05, 0.1) is 12.2 Å². The lowest BCUT2D eigenvalue weighted by Crippen LogP contribution is -2.14. The minimum Gasteiger partial charge on any atom is -0.491 e. The van der Waals surface area contributed by atoms with Crippen molar-refractivity contribution in [3.63, 3.8) is 0 Å². The molecule has 0 fully saturated rings. The maximum atomic E-state index is 12.5. The topological polar surface area (TPSA) is 85.7 Å². The maximum absolute atomic E-state index is 12.5. The van der Waals surface area contributed by atoms with Crippen LogP contribution in [0.3, 0.4) is 0 Å². The van der Waals surface area contributed by atoms with E-state index >= 15 is 0 Å². The van der Waals surface area contributed by atoms with E-state index in [4.69, 9.17) is 14.6 Å². The molecule has 30 heavy (non-hydrogen) atoms. The number of unbranched alkanes of at least 4 members (excludes halogenated alkanes) is 1. The van der Waals surface area contributed by atoms with Crippen LogP contribution in [0.4, 0.5) is 0 Å². The molecule has 1 atom stereocenters. The number of carbonyl (C=O) groups is 2. The second kappa shape index (κ2) is 12.5. The summed E-state index contributed by atoms with van der Waals surface area (Å²) < 4.78 is 11.1. The Balaban J connectivity index is 2.10. The molecular weight excluding hydrogens is 382 g/mol. The van der Waals surface area contributed by atoms with Gasteiger partial charge in [-0.15, -0.1) is 0 Å². The van der Waals surface area contributed by atoms with Crippen LogP contribution in [-0.4, -0.2) is 35.1 Å². The van der Waals surface area contributed by atoms with Crippen LogP contribution in [0.15, 0.2) is 60.9 Å². The highest BCUT2D eigenvalue weighted by Gasteiger charge is 2.20. The van der Waals surface area contributed by atoms with Gasteiger partial charge in [0.15, 0.2) is 5.78 Å². The average molecular weight is 411 g/mol. The number of nitrogens with zero attached hydrogens (tertiary/aromatic N) is 1. The Kier molecular flexibility index (Phi) is 9.74. The molecule has 1 aromatic carbocycles. The molecule has 0 aliphatic rings. The van der Waals surface area contributed by atoms with Gasteiger partial charge in [0, 0.05) is 18.8 Å². The summed E-state index contributed by atoms with van der Waals surface area (Å²) in [6.45, 7) is 6.09. The zero-order chi connectivity index (χ0) is 21.8. The summed E-state index contributed by atoms with van der Waals surface area (Å²) >= 11 is 0. The third kappa shape index (κ3) is 7.44. The minimum atomic E-state index is -0.590. The van der Waals surface area contributed by atoms with Gasteiger partial charge in [-0.25, -0.2) is 4.79 Å². The van der Waals surface area contributed by atoms with E-state index in [1.807, 2.05) is 0 Å². The van der Waals surface area contributed by atoms with Crippen LogP contribution in [0.5, 0.6) is 5.75 Å². The first-order valence-corrected chi connectivity index (χ1v) is 10.2. The molecule has 2 aromatic rings. The van der Waals surface area contributed by atoms with Crippen molar-refractivity contribution < 1.29 is 24.2 Å². The first-order chi connectivity index (χ1) is 14.5. The van der Waals surface area contributed by atoms with E-state index < -0.39 is 12.1 Å². The standard InChI is InChI=1S/C24H29NO5/c1-3-4-6-18(2)22(27)12-13-23(30-24(28)20-7-5-14-25-17-20)19-8-10-21(11-9-19)29-16-15-26/h5,7-11,14,17,23,26H,2-4,6,12-13,15-16H2,1H3/t23-/m0/s1. The third-order valence-corrected chi connectivity index (χ3v) is 4.62. The molecule has 0 radical (unpaired) electrons. The normalized spacial score (nSPS) is 11.5. The Morgan fingerprint density at radius 1 is 1.17 bits per heavy atom. The van der Waals surface area contributed by atoms with Gasteiger partial charge in [0.25, 0.3) is 0 Å². The molecule has 1 N–H and O–H groups in total. The van der Waals surface area contributed by atoms with Crippen LogP contribution < -0.4 is 4.74 Å². The summed E-state index contributed by atoms with van der Waals surface area (Å²) in [6, 6.07) is 10.4. The number of benzene rings is 1. The van der Waals surface area contributed by atoms with E-state index in [0.717, 1.165) is 18.4 Å². The summed E-state index contributed by atoms with van der Waals surface area (Å²) in [5.41, 5.74) is 1.72. The van der Waals surface area contributed by atoms with Crippen LogP contribution in [0.1, 0.15) is 61.1 Å². The molecule has 6 nitrogen and oxygen atoms in total. The average Bonchev–Trinajstić information content (AvgIpc) is 2.79. The Bertz CT molecular complexity index is 817. The molecule has 1 aromatic heterocycles. The molecule has 1 heterocycles.